The van der Waals surface area contributed by atoms with Crippen molar-refractivity contribution in [2.45, 2.75) is 43.8 Å². The number of ether oxygens (including phenoxy) is 1. The first kappa shape index (κ1) is 13.8. The lowest BCUT2D eigenvalue weighted by Crippen LogP contribution is -2.38. The summed E-state index contributed by atoms with van der Waals surface area (Å²) < 4.78 is 19.0. The molecule has 0 aliphatic heterocycles. The summed E-state index contributed by atoms with van der Waals surface area (Å²) in [4.78, 5) is 0. The minimum Gasteiger partial charge on any atom is -0.390 e. The normalized spacial score (nSPS) is 28.3. The summed E-state index contributed by atoms with van der Waals surface area (Å²) in [6.07, 6.45) is 3.33. The average Bonchev–Trinajstić information content (AvgIpc) is 2.35. The van der Waals surface area contributed by atoms with Gasteiger partial charge in [-0.1, -0.05) is 17.7 Å². The van der Waals surface area contributed by atoms with Crippen molar-refractivity contribution in [1.82, 2.24) is 0 Å². The van der Waals surface area contributed by atoms with Gasteiger partial charge in [0.05, 0.1) is 11.7 Å². The van der Waals surface area contributed by atoms with Gasteiger partial charge in [0.2, 0.25) is 0 Å². The standard InChI is InChI=1S/C14H18ClFO2/c1-18-10-5-7-14(17,8-6-10)9-11-12(15)3-2-4-13(11)16/h2-4,10,17H,5-9H2,1H3. The summed E-state index contributed by atoms with van der Waals surface area (Å²) in [6.45, 7) is 0. The van der Waals surface area contributed by atoms with E-state index >= 15 is 0 Å². The maximum absolute atomic E-state index is 13.7. The van der Waals surface area contributed by atoms with Crippen molar-refractivity contribution in [3.63, 3.8) is 0 Å². The van der Waals surface area contributed by atoms with E-state index in [0.29, 0.717) is 23.4 Å². The van der Waals surface area contributed by atoms with Gasteiger partial charge in [-0.2, -0.15) is 0 Å². The second kappa shape index (κ2) is 5.55. The summed E-state index contributed by atoms with van der Waals surface area (Å²) >= 11 is 5.99. The monoisotopic (exact) mass is 272 g/mol. The number of hydrogen-bond donors (Lipinski definition) is 1. The minimum absolute atomic E-state index is 0.210. The summed E-state index contributed by atoms with van der Waals surface area (Å²) in [5.74, 6) is -0.343. The zero-order chi connectivity index (χ0) is 13.2. The zero-order valence-corrected chi connectivity index (χ0v) is 11.2. The van der Waals surface area contributed by atoms with Crippen LogP contribution in [0, 0.1) is 5.82 Å². The van der Waals surface area contributed by atoms with Crippen molar-refractivity contribution in [2.75, 3.05) is 7.11 Å². The molecule has 0 amide bonds. The number of aliphatic hydroxyl groups is 1. The molecular weight excluding hydrogens is 255 g/mol. The lowest BCUT2D eigenvalue weighted by molar-refractivity contribution is -0.0431. The summed E-state index contributed by atoms with van der Waals surface area (Å²) in [6, 6.07) is 4.61. The van der Waals surface area contributed by atoms with E-state index in [0.717, 1.165) is 12.8 Å². The number of halogens is 2. The third-order valence-electron chi connectivity index (χ3n) is 3.76. The van der Waals surface area contributed by atoms with E-state index in [1.165, 1.54) is 6.07 Å². The highest BCUT2D eigenvalue weighted by Gasteiger charge is 2.34. The van der Waals surface area contributed by atoms with Crippen LogP contribution in [0.2, 0.25) is 5.02 Å². The fourth-order valence-electron chi connectivity index (χ4n) is 2.57. The molecular formula is C14H18ClFO2. The van der Waals surface area contributed by atoms with Crippen LogP contribution in [-0.4, -0.2) is 23.9 Å². The van der Waals surface area contributed by atoms with Crippen molar-refractivity contribution >= 4 is 11.6 Å². The molecule has 0 bridgehead atoms. The Hall–Kier alpha value is -0.640. The Morgan fingerprint density at radius 1 is 1.44 bits per heavy atom. The highest BCUT2D eigenvalue weighted by molar-refractivity contribution is 6.31. The molecule has 0 unspecified atom stereocenters. The van der Waals surface area contributed by atoms with E-state index in [1.54, 1.807) is 19.2 Å². The highest BCUT2D eigenvalue weighted by Crippen LogP contribution is 2.34. The SMILES string of the molecule is COC1CCC(O)(Cc2c(F)cccc2Cl)CC1. The average molecular weight is 273 g/mol. The molecule has 1 aromatic rings. The molecule has 0 heterocycles. The van der Waals surface area contributed by atoms with Gasteiger partial charge in [-0.3, -0.25) is 0 Å². The van der Waals surface area contributed by atoms with Crippen LogP contribution in [0.15, 0.2) is 18.2 Å². The van der Waals surface area contributed by atoms with Crippen molar-refractivity contribution in [2.24, 2.45) is 0 Å². The predicted octanol–water partition coefficient (Wildman–Crippen LogP) is 3.34. The molecule has 1 aliphatic rings. The lowest BCUT2D eigenvalue weighted by Gasteiger charge is -2.35. The van der Waals surface area contributed by atoms with Gasteiger partial charge in [-0.15, -0.1) is 0 Å². The Kier molecular flexibility index (Phi) is 4.25. The first-order chi connectivity index (χ1) is 8.54. The number of rotatable bonds is 3. The van der Waals surface area contributed by atoms with Crippen LogP contribution in [0.4, 0.5) is 4.39 Å². The van der Waals surface area contributed by atoms with Gasteiger partial charge >= 0.3 is 0 Å². The van der Waals surface area contributed by atoms with Crippen molar-refractivity contribution in [3.8, 4) is 0 Å². The molecule has 1 fully saturated rings. The second-order valence-electron chi connectivity index (χ2n) is 5.04. The fraction of sp³-hybridized carbons (Fsp3) is 0.571. The van der Waals surface area contributed by atoms with Crippen molar-refractivity contribution in [3.05, 3.63) is 34.6 Å². The fourth-order valence-corrected chi connectivity index (χ4v) is 2.80. The van der Waals surface area contributed by atoms with Crippen molar-refractivity contribution < 1.29 is 14.2 Å². The van der Waals surface area contributed by atoms with Gasteiger partial charge < -0.3 is 9.84 Å². The molecule has 0 saturated heterocycles. The van der Waals surface area contributed by atoms with E-state index in [2.05, 4.69) is 0 Å². The Morgan fingerprint density at radius 3 is 2.67 bits per heavy atom. The zero-order valence-electron chi connectivity index (χ0n) is 10.5. The van der Waals surface area contributed by atoms with E-state index in [9.17, 15) is 9.50 Å². The molecule has 2 rings (SSSR count). The van der Waals surface area contributed by atoms with E-state index in [4.69, 9.17) is 16.3 Å². The van der Waals surface area contributed by atoms with Gasteiger partial charge in [0.1, 0.15) is 5.82 Å². The lowest BCUT2D eigenvalue weighted by atomic mass is 9.79. The molecule has 0 aromatic heterocycles. The number of hydrogen-bond acceptors (Lipinski definition) is 2. The number of methoxy groups -OCH3 is 1. The van der Waals surface area contributed by atoms with Crippen LogP contribution in [0.5, 0.6) is 0 Å². The van der Waals surface area contributed by atoms with Gasteiger partial charge in [-0.05, 0) is 37.8 Å². The van der Waals surface area contributed by atoms with Crippen LogP contribution in [-0.2, 0) is 11.2 Å². The minimum atomic E-state index is -0.860. The molecule has 1 aliphatic carbocycles. The van der Waals surface area contributed by atoms with Gasteiger partial charge in [0.25, 0.3) is 0 Å². The molecule has 0 radical (unpaired) electrons. The molecule has 100 valence electrons. The smallest absolute Gasteiger partial charge is 0.127 e. The quantitative estimate of drug-likeness (QED) is 0.914. The largest absolute Gasteiger partial charge is 0.390 e. The third kappa shape index (κ3) is 3.02. The molecule has 1 aromatic carbocycles. The Bertz CT molecular complexity index is 394. The molecule has 18 heavy (non-hydrogen) atoms. The topological polar surface area (TPSA) is 29.5 Å². The van der Waals surface area contributed by atoms with Crippen LogP contribution in [0.1, 0.15) is 31.2 Å². The highest BCUT2D eigenvalue weighted by atomic mass is 35.5. The maximum atomic E-state index is 13.7. The summed E-state index contributed by atoms with van der Waals surface area (Å²) in [5.41, 5.74) is -0.446. The number of benzene rings is 1. The van der Waals surface area contributed by atoms with E-state index in [-0.39, 0.29) is 18.3 Å². The van der Waals surface area contributed by atoms with Gasteiger partial charge in [-0.25, -0.2) is 4.39 Å². The molecule has 2 nitrogen and oxygen atoms in total. The Balaban J connectivity index is 2.09. The van der Waals surface area contributed by atoms with E-state index < -0.39 is 5.60 Å². The third-order valence-corrected chi connectivity index (χ3v) is 4.12. The van der Waals surface area contributed by atoms with E-state index in [1.807, 2.05) is 0 Å². The summed E-state index contributed by atoms with van der Waals surface area (Å²) in [5, 5.41) is 10.9. The van der Waals surface area contributed by atoms with Gasteiger partial charge in [0.15, 0.2) is 0 Å². The van der Waals surface area contributed by atoms with Crippen LogP contribution < -0.4 is 0 Å². The Morgan fingerprint density at radius 2 is 2.11 bits per heavy atom. The van der Waals surface area contributed by atoms with Crippen molar-refractivity contribution in [1.29, 1.82) is 0 Å². The molecule has 4 heteroatoms. The predicted molar refractivity (Wildman–Crippen MR) is 69.3 cm³/mol. The van der Waals surface area contributed by atoms with Crippen LogP contribution >= 0.6 is 11.6 Å². The second-order valence-corrected chi connectivity index (χ2v) is 5.44. The Labute approximate surface area is 112 Å². The molecule has 0 spiro atoms. The molecule has 1 N–H and O–H groups in total. The first-order valence-electron chi connectivity index (χ1n) is 6.22. The molecule has 0 atom stereocenters. The summed E-state index contributed by atoms with van der Waals surface area (Å²) in [7, 11) is 1.68. The van der Waals surface area contributed by atoms with Crippen LogP contribution in [0.25, 0.3) is 0 Å². The molecule has 1 saturated carbocycles. The van der Waals surface area contributed by atoms with Crippen LogP contribution in [0.3, 0.4) is 0 Å². The van der Waals surface area contributed by atoms with Gasteiger partial charge in [0, 0.05) is 24.1 Å². The maximum Gasteiger partial charge on any atom is 0.127 e. The first-order valence-corrected chi connectivity index (χ1v) is 6.60.